The number of piperidine rings is 1. The van der Waals surface area contributed by atoms with Gasteiger partial charge in [0.2, 0.25) is 5.91 Å². The third-order valence-corrected chi connectivity index (χ3v) is 13.7. The second kappa shape index (κ2) is 17.0. The molecule has 4 aliphatic rings. The predicted octanol–water partition coefficient (Wildman–Crippen LogP) is 6.06. The molecular weight excluding hydrogens is 807 g/mol. The summed E-state index contributed by atoms with van der Waals surface area (Å²) in [6.07, 6.45) is 10.5. The molecule has 0 saturated carbocycles. The molecule has 4 aromatic heterocycles. The lowest BCUT2D eigenvalue weighted by Crippen LogP contribution is -2.58. The largest absolute Gasteiger partial charge is 0.392 e. The molecule has 15 heteroatoms. The minimum absolute atomic E-state index is 0.0567. The molecule has 0 spiro atoms. The van der Waals surface area contributed by atoms with Gasteiger partial charge in [-0.1, -0.05) is 20.4 Å². The van der Waals surface area contributed by atoms with Crippen molar-refractivity contribution in [3.05, 3.63) is 112 Å². The lowest BCUT2D eigenvalue weighted by Gasteiger charge is -2.48. The summed E-state index contributed by atoms with van der Waals surface area (Å²) in [4.78, 5) is 63.5. The second-order valence-electron chi connectivity index (χ2n) is 18.8. The van der Waals surface area contributed by atoms with Gasteiger partial charge < -0.3 is 34.7 Å². The van der Waals surface area contributed by atoms with Crippen molar-refractivity contribution in [3.63, 3.8) is 0 Å². The number of rotatable bonds is 10. The third kappa shape index (κ3) is 8.06. The molecule has 1 unspecified atom stereocenters. The summed E-state index contributed by atoms with van der Waals surface area (Å²) in [5.74, 6) is -0.0765. The molecule has 5 aromatic rings. The average molecular weight is 866 g/mol. The Morgan fingerprint density at radius 2 is 1.81 bits per heavy atom. The number of carbonyl (C=O) groups excluding carboxylic acids is 2. The summed E-state index contributed by atoms with van der Waals surface area (Å²) >= 11 is 0. The summed E-state index contributed by atoms with van der Waals surface area (Å²) in [5.41, 5.74) is 8.53. The number of pyridine rings is 2. The molecule has 3 atom stereocenters. The van der Waals surface area contributed by atoms with Gasteiger partial charge in [0, 0.05) is 105 Å². The topological polar surface area (TPSA) is 157 Å². The van der Waals surface area contributed by atoms with Crippen molar-refractivity contribution < 1.29 is 14.7 Å². The monoisotopic (exact) mass is 865 g/mol. The van der Waals surface area contributed by atoms with Gasteiger partial charge in [0.05, 0.1) is 35.6 Å². The number of aliphatic hydroxyl groups is 1. The summed E-state index contributed by atoms with van der Waals surface area (Å²) < 4.78 is 3.59. The molecule has 7 heterocycles. The molecule has 64 heavy (non-hydrogen) atoms. The maximum Gasteiger partial charge on any atom is 0.293 e. The van der Waals surface area contributed by atoms with E-state index in [0.717, 1.165) is 63.2 Å². The van der Waals surface area contributed by atoms with Crippen molar-refractivity contribution in [2.45, 2.75) is 91.6 Å². The van der Waals surface area contributed by atoms with E-state index < -0.39 is 6.61 Å². The zero-order chi connectivity index (χ0) is 45.0. The van der Waals surface area contributed by atoms with E-state index in [9.17, 15) is 19.5 Å². The highest BCUT2D eigenvalue weighted by atomic mass is 16.3. The van der Waals surface area contributed by atoms with Crippen LogP contribution in [0.3, 0.4) is 0 Å². The van der Waals surface area contributed by atoms with Crippen molar-refractivity contribution in [1.82, 2.24) is 29.0 Å². The zero-order valence-corrected chi connectivity index (χ0v) is 37.8. The molecular formula is C49H59N11O4. The Morgan fingerprint density at radius 1 is 0.984 bits per heavy atom. The van der Waals surface area contributed by atoms with Gasteiger partial charge in [-0.05, 0) is 106 Å². The molecule has 3 aliphatic heterocycles. The quantitative estimate of drug-likeness (QED) is 0.140. The number of amides is 2. The second-order valence-corrected chi connectivity index (χ2v) is 18.8. The third-order valence-electron chi connectivity index (χ3n) is 13.7. The van der Waals surface area contributed by atoms with E-state index in [1.807, 2.05) is 37.4 Å². The van der Waals surface area contributed by atoms with Gasteiger partial charge in [-0.25, -0.2) is 9.97 Å². The lowest BCUT2D eigenvalue weighted by molar-refractivity contribution is -0.111. The van der Waals surface area contributed by atoms with Crippen molar-refractivity contribution in [2.24, 2.45) is 12.5 Å². The van der Waals surface area contributed by atoms with Crippen LogP contribution in [-0.2, 0) is 37.8 Å². The number of hydrogen-bond acceptors (Lipinski definition) is 11. The van der Waals surface area contributed by atoms with Gasteiger partial charge in [0.15, 0.2) is 5.82 Å². The fourth-order valence-electron chi connectivity index (χ4n) is 10.5. The van der Waals surface area contributed by atoms with Crippen LogP contribution in [0.25, 0.3) is 11.3 Å². The number of aromatic nitrogens is 5. The highest BCUT2D eigenvalue weighted by Gasteiger charge is 2.38. The first kappa shape index (κ1) is 43.0. The maximum atomic E-state index is 14.0. The van der Waals surface area contributed by atoms with Crippen molar-refractivity contribution in [3.8, 4) is 11.3 Å². The number of piperazine rings is 1. The van der Waals surface area contributed by atoms with E-state index >= 15 is 0 Å². The van der Waals surface area contributed by atoms with Crippen LogP contribution in [0, 0.1) is 12.3 Å². The van der Waals surface area contributed by atoms with E-state index in [-0.39, 0.29) is 34.6 Å². The van der Waals surface area contributed by atoms with Crippen LogP contribution in [-0.4, -0.2) is 96.8 Å². The van der Waals surface area contributed by atoms with Crippen molar-refractivity contribution in [2.75, 3.05) is 58.1 Å². The van der Waals surface area contributed by atoms with Crippen LogP contribution in [0.4, 0.5) is 34.4 Å². The van der Waals surface area contributed by atoms with Crippen LogP contribution in [0.15, 0.2) is 78.5 Å². The van der Waals surface area contributed by atoms with Crippen LogP contribution in [0.5, 0.6) is 0 Å². The Kier molecular flexibility index (Phi) is 11.4. The first-order valence-electron chi connectivity index (χ1n) is 22.5. The van der Waals surface area contributed by atoms with E-state index in [2.05, 4.69) is 86.3 Å². The number of nitrogens with zero attached hydrogens (tertiary/aromatic N) is 9. The van der Waals surface area contributed by atoms with E-state index in [1.54, 1.807) is 30.4 Å². The molecule has 2 saturated heterocycles. The van der Waals surface area contributed by atoms with Gasteiger partial charge in [0.25, 0.3) is 11.5 Å². The number of aliphatic hydroxyl groups excluding tert-OH is 1. The van der Waals surface area contributed by atoms with Crippen LogP contribution in [0.1, 0.15) is 73.5 Å². The molecule has 1 aromatic carbocycles. The molecule has 9 rings (SSSR count). The number of carbonyl (C=O) groups is 2. The van der Waals surface area contributed by atoms with Gasteiger partial charge in [-0.15, -0.1) is 0 Å². The fourth-order valence-corrected chi connectivity index (χ4v) is 10.5. The minimum Gasteiger partial charge on any atom is -0.392 e. The first-order chi connectivity index (χ1) is 30.7. The van der Waals surface area contributed by atoms with Gasteiger partial charge in [-0.2, -0.15) is 0 Å². The summed E-state index contributed by atoms with van der Waals surface area (Å²) in [7, 11) is 1.65. The predicted molar refractivity (Wildman–Crippen MR) is 252 cm³/mol. The highest BCUT2D eigenvalue weighted by Crippen LogP contribution is 2.41. The van der Waals surface area contributed by atoms with E-state index in [4.69, 9.17) is 4.98 Å². The number of nitrogens with one attached hydrogen (secondary N) is 2. The van der Waals surface area contributed by atoms with E-state index in [1.165, 1.54) is 27.6 Å². The Balaban J connectivity index is 0.937. The van der Waals surface area contributed by atoms with Crippen molar-refractivity contribution >= 4 is 46.2 Å². The number of anilines is 6. The van der Waals surface area contributed by atoms with Gasteiger partial charge in [0.1, 0.15) is 11.5 Å². The summed E-state index contributed by atoms with van der Waals surface area (Å²) in [6, 6.07) is 14.7. The van der Waals surface area contributed by atoms with E-state index in [0.29, 0.717) is 64.9 Å². The summed E-state index contributed by atoms with van der Waals surface area (Å²) in [6.45, 7) is 18.9. The van der Waals surface area contributed by atoms with Crippen LogP contribution in [0.2, 0.25) is 0 Å². The van der Waals surface area contributed by atoms with Crippen LogP contribution >= 0.6 is 0 Å². The number of benzene rings is 1. The van der Waals surface area contributed by atoms with Crippen LogP contribution < -0.4 is 30.9 Å². The Labute approximate surface area is 374 Å². The molecule has 334 valence electrons. The normalized spacial score (nSPS) is 20.8. The number of fused-ring (bicyclic) bond motifs is 3. The fraction of sp³-hybridized carbons (Fsp3) is 0.429. The average Bonchev–Trinajstić information content (AvgIpc) is 3.77. The number of hydrogen-bond donors (Lipinski definition) is 3. The zero-order valence-electron chi connectivity index (χ0n) is 37.8. The molecule has 2 amide bonds. The maximum absolute atomic E-state index is 14.0. The Hall–Kier alpha value is -6.32. The highest BCUT2D eigenvalue weighted by molar-refractivity contribution is 6.06. The lowest BCUT2D eigenvalue weighted by atomic mass is 9.90. The van der Waals surface area contributed by atoms with Crippen molar-refractivity contribution in [1.29, 1.82) is 0 Å². The number of aryl methyl sites for hydroxylation is 2. The SMILES string of the molecule is C=CC(=O)Nc1cc(Nc2nc(-c3ccnc(N4CCn5c(cc6c5CC(C)(C)C6)C4=O)c3CO)cn(C)c2=O)ccc1N1CCN(C2CCN(c3ccc(C)nc3)[C@H](C)C2)C[C@@H]1C. The molecule has 2 fully saturated rings. The van der Waals surface area contributed by atoms with Gasteiger partial charge in [-0.3, -0.25) is 29.2 Å². The molecule has 0 bridgehead atoms. The molecule has 0 radical (unpaired) electrons. The molecule has 3 N–H and O–H groups in total. The summed E-state index contributed by atoms with van der Waals surface area (Å²) in [5, 5.41) is 17.1. The van der Waals surface area contributed by atoms with Gasteiger partial charge >= 0.3 is 0 Å². The molecule has 1 aliphatic carbocycles. The first-order valence-corrected chi connectivity index (χ1v) is 22.5. The minimum atomic E-state index is -0.397. The molecule has 15 nitrogen and oxygen atoms in total. The smallest absolute Gasteiger partial charge is 0.293 e. The Morgan fingerprint density at radius 3 is 2.55 bits per heavy atom. The Bertz CT molecular complexity index is 2690. The standard InChI is InChI=1S/C49H59N11O4/c1-8-44(62)53-39-23-34(10-12-41(39)58-18-17-56(27-32(58)4)35-14-16-57(31(3)21-35)36-11-9-30(2)51-26-36)52-45-48(64)55(7)28-40(54-45)37-13-15-50-46(38(37)29-61)60-20-19-59-42(47(60)63)22-33-24-49(5,6)25-43(33)59/h8-13,15,22-23,26,28,31-32,35,61H,1,14,16-21,24-25,27,29H2,2-7H3,(H,52,54)(H,53,62)/t31-,32+,35?/m1/s1.